The van der Waals surface area contributed by atoms with Crippen LogP contribution in [0.4, 0.5) is 0 Å². The smallest absolute Gasteiger partial charge is 1.00 e. The average molecular weight is 693 g/mol. The van der Waals surface area contributed by atoms with Gasteiger partial charge in [-0.15, -0.1) is 0 Å². The van der Waals surface area contributed by atoms with E-state index in [-0.39, 0.29) is 77.1 Å². The Morgan fingerprint density at radius 3 is 1.58 bits per heavy atom. The van der Waals surface area contributed by atoms with Crippen LogP contribution in [0, 0.1) is 0 Å². The van der Waals surface area contributed by atoms with Gasteiger partial charge in [0.2, 0.25) is 0 Å². The molecule has 0 radical (unpaired) electrons. The number of carbonyl (C=O) groups excluding carboxylic acids is 3. The summed E-state index contributed by atoms with van der Waals surface area (Å²) < 4.78 is 14.7. The molecule has 5 rings (SSSR count). The molecule has 1 heterocycles. The van der Waals surface area contributed by atoms with Crippen LogP contribution in [0.1, 0.15) is 66.4 Å². The number of ketones is 1. The molecule has 13 heteroatoms. The molecule has 0 amide bonds. The Hall–Kier alpha value is -5.56. The Labute approximate surface area is 309 Å². The first-order chi connectivity index (χ1) is 23.3. The van der Waals surface area contributed by atoms with Crippen LogP contribution in [0.5, 0.6) is 17.2 Å². The first-order valence-corrected chi connectivity index (χ1v) is 14.6. The minimum atomic E-state index is -1.11. The van der Waals surface area contributed by atoms with Crippen LogP contribution in [0.2, 0.25) is 0 Å². The van der Waals surface area contributed by atoms with Gasteiger partial charge in [0.1, 0.15) is 39.7 Å². The van der Waals surface area contributed by atoms with E-state index >= 15 is 0 Å². The van der Waals surface area contributed by atoms with Gasteiger partial charge in [-0.2, -0.15) is 0 Å². The number of hydrogen-bond acceptors (Lipinski definition) is 10. The third-order valence-electron chi connectivity index (χ3n) is 6.60. The van der Waals surface area contributed by atoms with E-state index in [0.29, 0.717) is 11.0 Å². The van der Waals surface area contributed by atoms with E-state index in [1.165, 1.54) is 45.0 Å². The fourth-order valence-corrected chi connectivity index (χ4v) is 4.59. The van der Waals surface area contributed by atoms with Gasteiger partial charge >= 0.3 is 59.1 Å². The zero-order valence-electron chi connectivity index (χ0n) is 28.6. The van der Waals surface area contributed by atoms with Gasteiger partial charge in [0.05, 0.1) is 10.9 Å². The third-order valence-corrected chi connectivity index (χ3v) is 6.60. The molecule has 12 nitrogen and oxygen atoms in total. The minimum absolute atomic E-state index is 0. The third kappa shape index (κ3) is 11.5. The Bertz CT molecular complexity index is 1970. The molecule has 0 aliphatic carbocycles. The summed E-state index contributed by atoms with van der Waals surface area (Å²) in [4.78, 5) is 66.5. The predicted molar refractivity (Wildman–Crippen MR) is 178 cm³/mol. The number of ether oxygens (including phenoxy) is 2. The number of carboxylic acid groups (broad SMARTS) is 2. The summed E-state index contributed by atoms with van der Waals surface area (Å²) in [6.07, 6.45) is 0.126. The SMILES string of the molecule is CC(=O)CC(c1ccccc1)c1c(O)c2ccccc2oc1=O.CC(=O)Oc1ccccc1C(=O)O.CC(=O)Oc1ccccc1C(=O)O.[H-].[Na+]. The topological polar surface area (TPSA) is 195 Å². The maximum atomic E-state index is 12.4. The van der Waals surface area contributed by atoms with Gasteiger partial charge in [-0.25, -0.2) is 14.4 Å². The molecule has 1 atom stereocenters. The van der Waals surface area contributed by atoms with Crippen LogP contribution >= 0.6 is 0 Å². The number of carbonyl (C=O) groups is 5. The molecule has 1 unspecified atom stereocenters. The summed E-state index contributed by atoms with van der Waals surface area (Å²) >= 11 is 0. The number of aromatic carboxylic acids is 2. The molecule has 0 fully saturated rings. The van der Waals surface area contributed by atoms with Crippen LogP contribution in [-0.2, 0) is 14.4 Å². The van der Waals surface area contributed by atoms with E-state index < -0.39 is 35.4 Å². The molecule has 0 bridgehead atoms. The molecule has 0 saturated carbocycles. The second-order valence-electron chi connectivity index (χ2n) is 10.3. The number of hydrogen-bond donors (Lipinski definition) is 3. The Morgan fingerprint density at radius 2 is 1.12 bits per heavy atom. The Balaban J connectivity index is 0.000000402. The maximum absolute atomic E-state index is 12.4. The zero-order chi connectivity index (χ0) is 36.1. The zero-order valence-corrected chi connectivity index (χ0v) is 29.6. The van der Waals surface area contributed by atoms with Crippen molar-refractivity contribution < 1.29 is 84.2 Å². The molecule has 0 aliphatic rings. The minimum Gasteiger partial charge on any atom is -1.00 e. The number of esters is 2. The normalized spacial score (nSPS) is 10.5. The van der Waals surface area contributed by atoms with Gasteiger partial charge in [0.15, 0.2) is 0 Å². The van der Waals surface area contributed by atoms with Gasteiger partial charge in [-0.1, -0.05) is 66.7 Å². The Morgan fingerprint density at radius 1 is 0.680 bits per heavy atom. The standard InChI is InChI=1S/C19H16O4.2C9H8O4.Na.H/c1-12(20)11-15(13-7-3-2-4-8-13)17-18(21)14-9-5-6-10-16(14)23-19(17)22;2*1-6(10)13-8-5-3-2-4-7(8)9(11)12;;/h2-10,15,21H,11H2,1H3;2*2-5H,1H3,(H,11,12);;/q;;;+1;-1. The van der Waals surface area contributed by atoms with E-state index in [4.69, 9.17) is 14.6 Å². The number of benzene rings is 4. The van der Waals surface area contributed by atoms with Crippen LogP contribution < -0.4 is 44.7 Å². The molecule has 1 aromatic heterocycles. The van der Waals surface area contributed by atoms with Crippen molar-refractivity contribution in [2.45, 2.75) is 33.1 Å². The first-order valence-electron chi connectivity index (χ1n) is 14.6. The summed E-state index contributed by atoms with van der Waals surface area (Å²) in [6.45, 7) is 3.91. The summed E-state index contributed by atoms with van der Waals surface area (Å²) in [5.74, 6) is -3.87. The van der Waals surface area contributed by atoms with Crippen LogP contribution in [0.15, 0.2) is 112 Å². The van der Waals surface area contributed by atoms with Crippen molar-refractivity contribution in [3.63, 3.8) is 0 Å². The van der Waals surface area contributed by atoms with Crippen molar-refractivity contribution >= 4 is 40.6 Å². The van der Waals surface area contributed by atoms with Gasteiger partial charge in [0.25, 0.3) is 0 Å². The van der Waals surface area contributed by atoms with Crippen LogP contribution in [-0.4, -0.2) is 45.0 Å². The summed E-state index contributed by atoms with van der Waals surface area (Å²) in [5.41, 5.74) is 0.603. The molecule has 3 N–H and O–H groups in total. The van der Waals surface area contributed by atoms with Gasteiger partial charge in [0, 0.05) is 26.2 Å². The van der Waals surface area contributed by atoms with E-state index in [1.54, 1.807) is 48.5 Å². The van der Waals surface area contributed by atoms with E-state index in [1.807, 2.05) is 30.3 Å². The van der Waals surface area contributed by atoms with Gasteiger partial charge in [-0.05, 0) is 48.9 Å². The monoisotopic (exact) mass is 692 g/mol. The first kappa shape index (κ1) is 40.6. The fourth-order valence-electron chi connectivity index (χ4n) is 4.59. The van der Waals surface area contributed by atoms with Crippen LogP contribution in [0.3, 0.4) is 0 Å². The average Bonchev–Trinajstić information content (AvgIpc) is 3.05. The van der Waals surface area contributed by atoms with Gasteiger partial charge in [-0.3, -0.25) is 14.4 Å². The number of Topliss-reactive ketones (excluding diaryl/α,β-unsaturated/α-hetero) is 1. The Kier molecular flexibility index (Phi) is 15.8. The molecule has 0 saturated heterocycles. The van der Waals surface area contributed by atoms with E-state index in [9.17, 15) is 33.9 Å². The second-order valence-corrected chi connectivity index (χ2v) is 10.3. The number of rotatable bonds is 8. The summed E-state index contributed by atoms with van der Waals surface area (Å²) in [5, 5.41) is 28.4. The summed E-state index contributed by atoms with van der Waals surface area (Å²) in [7, 11) is 0. The van der Waals surface area contributed by atoms with Crippen molar-refractivity contribution in [1.82, 2.24) is 0 Å². The predicted octanol–water partition coefficient (Wildman–Crippen LogP) is 3.35. The van der Waals surface area contributed by atoms with Crippen molar-refractivity contribution in [2.24, 2.45) is 0 Å². The largest absolute Gasteiger partial charge is 1.00 e. The quantitative estimate of drug-likeness (QED) is 0.0931. The van der Waals surface area contributed by atoms with Crippen molar-refractivity contribution in [3.05, 3.63) is 136 Å². The van der Waals surface area contributed by atoms with Crippen LogP contribution in [0.25, 0.3) is 11.0 Å². The molecule has 5 aromatic rings. The van der Waals surface area contributed by atoms with E-state index in [0.717, 1.165) is 5.56 Å². The molecule has 4 aromatic carbocycles. The van der Waals surface area contributed by atoms with Crippen molar-refractivity contribution in [1.29, 1.82) is 0 Å². The van der Waals surface area contributed by atoms with Crippen molar-refractivity contribution in [3.8, 4) is 17.2 Å². The molecule has 0 spiro atoms. The second kappa shape index (κ2) is 19.4. The molecule has 0 aliphatic heterocycles. The number of fused-ring (bicyclic) bond motifs is 1. The van der Waals surface area contributed by atoms with Gasteiger partial charge < -0.3 is 30.6 Å². The number of aromatic hydroxyl groups is 1. The molecular weight excluding hydrogens is 659 g/mol. The fraction of sp³-hybridized carbons (Fsp3) is 0.135. The summed E-state index contributed by atoms with van der Waals surface area (Å²) in [6, 6.07) is 28.0. The molecule has 50 heavy (non-hydrogen) atoms. The molecule has 254 valence electrons. The number of carboxylic acids is 2. The van der Waals surface area contributed by atoms with Crippen molar-refractivity contribution in [2.75, 3.05) is 0 Å². The van der Waals surface area contributed by atoms with E-state index in [2.05, 4.69) is 9.47 Å². The number of para-hydroxylation sites is 3. The maximum Gasteiger partial charge on any atom is 1.00 e. The molecular formula is C37H33NaO12.